The van der Waals surface area contributed by atoms with Crippen LogP contribution in [0.1, 0.15) is 57.5 Å². The lowest BCUT2D eigenvalue weighted by atomic mass is 9.94. The van der Waals surface area contributed by atoms with Gasteiger partial charge in [0, 0.05) is 29.9 Å². The fraction of sp³-hybridized carbons (Fsp3) is 0.417. The molecule has 0 spiro atoms. The number of benzene rings is 1. The van der Waals surface area contributed by atoms with Crippen LogP contribution in [0.25, 0.3) is 17.0 Å². The minimum Gasteiger partial charge on any atom is -0.427 e. The van der Waals surface area contributed by atoms with Crippen molar-refractivity contribution in [3.63, 3.8) is 0 Å². The number of hydrogen-bond donors (Lipinski definition) is 2. The number of fused-ring (bicyclic) bond motifs is 2. The average Bonchev–Trinajstić information content (AvgIpc) is 3.37. The van der Waals surface area contributed by atoms with Crippen LogP contribution >= 0.6 is 0 Å². The largest absolute Gasteiger partial charge is 0.427 e. The fourth-order valence-electron chi connectivity index (χ4n) is 4.11. The fourth-order valence-corrected chi connectivity index (χ4v) is 4.11. The summed E-state index contributed by atoms with van der Waals surface area (Å²) in [7, 11) is 0. The van der Waals surface area contributed by atoms with E-state index in [-0.39, 0.29) is 17.0 Å². The Morgan fingerprint density at radius 1 is 1.15 bits per heavy atom. The Labute approximate surface area is 191 Å². The molecule has 5 rings (SSSR count). The van der Waals surface area contributed by atoms with E-state index in [4.69, 9.17) is 9.40 Å². The van der Waals surface area contributed by atoms with Crippen LogP contribution in [0.3, 0.4) is 0 Å². The number of nitrogens with zero attached hydrogens (tertiary/aromatic N) is 5. The van der Waals surface area contributed by atoms with Crippen LogP contribution in [0.4, 0.5) is 11.6 Å². The highest BCUT2D eigenvalue weighted by Gasteiger charge is 2.25. The van der Waals surface area contributed by atoms with Crippen LogP contribution in [-0.2, 0) is 18.4 Å². The summed E-state index contributed by atoms with van der Waals surface area (Å²) in [5.41, 5.74) is 3.59. The second kappa shape index (κ2) is 7.84. The van der Waals surface area contributed by atoms with Crippen molar-refractivity contribution in [2.24, 2.45) is 0 Å². The number of rotatable bonds is 4. The Morgan fingerprint density at radius 3 is 2.70 bits per heavy atom. The number of anilines is 2. The summed E-state index contributed by atoms with van der Waals surface area (Å²) in [5.74, 6) is 1.14. The molecule has 0 fully saturated rings. The summed E-state index contributed by atoms with van der Waals surface area (Å²) in [6, 6.07) is 6.48. The molecule has 0 atom stereocenters. The van der Waals surface area contributed by atoms with E-state index in [2.05, 4.69) is 53.5 Å². The van der Waals surface area contributed by atoms with Crippen molar-refractivity contribution in [2.45, 2.75) is 59.0 Å². The van der Waals surface area contributed by atoms with Crippen molar-refractivity contribution < 1.29 is 4.42 Å². The molecular formula is C24H29N7O2. The zero-order valence-electron chi connectivity index (χ0n) is 19.6. The van der Waals surface area contributed by atoms with Crippen LogP contribution < -0.4 is 16.2 Å². The zero-order chi connectivity index (χ0) is 23.3. The van der Waals surface area contributed by atoms with Gasteiger partial charge in [0.25, 0.3) is 5.56 Å². The van der Waals surface area contributed by atoms with Gasteiger partial charge in [-0.25, -0.2) is 9.67 Å². The van der Waals surface area contributed by atoms with Crippen molar-refractivity contribution in [3.8, 4) is 6.01 Å². The molecule has 0 bridgehead atoms. The molecule has 33 heavy (non-hydrogen) atoms. The molecule has 9 heteroatoms. The third-order valence-corrected chi connectivity index (χ3v) is 5.88. The molecule has 0 saturated heterocycles. The van der Waals surface area contributed by atoms with Gasteiger partial charge in [-0.15, -0.1) is 0 Å². The highest BCUT2D eigenvalue weighted by molar-refractivity contribution is 5.76. The van der Waals surface area contributed by atoms with Gasteiger partial charge < -0.3 is 15.1 Å². The minimum absolute atomic E-state index is 0.124. The van der Waals surface area contributed by atoms with Crippen molar-refractivity contribution in [3.05, 3.63) is 57.8 Å². The van der Waals surface area contributed by atoms with Crippen molar-refractivity contribution in [2.75, 3.05) is 11.9 Å². The first-order valence-electron chi connectivity index (χ1n) is 11.3. The van der Waals surface area contributed by atoms with E-state index in [9.17, 15) is 4.79 Å². The lowest BCUT2D eigenvalue weighted by molar-refractivity contribution is 0.368. The summed E-state index contributed by atoms with van der Waals surface area (Å²) < 4.78 is 9.33. The maximum Gasteiger partial charge on any atom is 0.323 e. The van der Waals surface area contributed by atoms with Gasteiger partial charge >= 0.3 is 6.01 Å². The van der Waals surface area contributed by atoms with Gasteiger partial charge in [-0.2, -0.15) is 14.6 Å². The monoisotopic (exact) mass is 447 g/mol. The Bertz CT molecular complexity index is 1390. The molecule has 1 aliphatic heterocycles. The predicted octanol–water partition coefficient (Wildman–Crippen LogP) is 3.84. The topological polar surface area (TPSA) is 103 Å². The average molecular weight is 448 g/mol. The molecule has 4 heterocycles. The molecule has 0 amide bonds. The molecule has 0 saturated carbocycles. The molecule has 0 aliphatic carbocycles. The van der Waals surface area contributed by atoms with Gasteiger partial charge in [0.1, 0.15) is 11.1 Å². The predicted molar refractivity (Wildman–Crippen MR) is 127 cm³/mol. The first kappa shape index (κ1) is 21.4. The highest BCUT2D eigenvalue weighted by Crippen LogP contribution is 2.27. The number of hydrogen-bond acceptors (Lipinski definition) is 7. The smallest absolute Gasteiger partial charge is 0.323 e. The summed E-state index contributed by atoms with van der Waals surface area (Å²) in [6.45, 7) is 11.9. The van der Waals surface area contributed by atoms with Gasteiger partial charge in [0.15, 0.2) is 5.65 Å². The van der Waals surface area contributed by atoms with Gasteiger partial charge in [-0.1, -0.05) is 26.8 Å². The molecule has 4 aromatic rings. The van der Waals surface area contributed by atoms with Crippen LogP contribution in [0.15, 0.2) is 39.8 Å². The third-order valence-electron chi connectivity index (χ3n) is 5.88. The van der Waals surface area contributed by atoms with Gasteiger partial charge in [-0.3, -0.25) is 4.79 Å². The summed E-state index contributed by atoms with van der Waals surface area (Å²) in [5, 5.41) is 7.10. The summed E-state index contributed by atoms with van der Waals surface area (Å²) in [6.07, 6.45) is 4.30. The molecule has 2 N–H and O–H groups in total. The number of oxazole rings is 1. The molecular weight excluding hydrogens is 418 g/mol. The van der Waals surface area contributed by atoms with E-state index in [1.165, 1.54) is 11.1 Å². The summed E-state index contributed by atoms with van der Waals surface area (Å²) in [4.78, 5) is 26.7. The minimum atomic E-state index is -0.208. The zero-order valence-corrected chi connectivity index (χ0v) is 19.6. The van der Waals surface area contributed by atoms with E-state index in [1.54, 1.807) is 21.8 Å². The van der Waals surface area contributed by atoms with E-state index in [0.717, 1.165) is 31.0 Å². The summed E-state index contributed by atoms with van der Waals surface area (Å²) >= 11 is 0. The molecule has 0 radical (unpaired) electrons. The van der Waals surface area contributed by atoms with E-state index in [0.29, 0.717) is 23.0 Å². The highest BCUT2D eigenvalue weighted by atomic mass is 16.4. The standard InChI is InChI=1S/C24H29N7O2/c1-14(2)30-21(32)18-12-26-22(28-17-7-6-15-8-9-25-11-16(15)10-17)29-20(18)31(30)23-27-13-19(33-23)24(3,4)5/h6-7,10,12-14,25H,8-9,11H2,1-5H3,(H,26,28,29). The maximum atomic E-state index is 13.2. The van der Waals surface area contributed by atoms with Crippen LogP contribution in [-0.4, -0.2) is 30.9 Å². The normalized spacial score (nSPS) is 14.1. The second-order valence-corrected chi connectivity index (χ2v) is 9.78. The molecule has 9 nitrogen and oxygen atoms in total. The van der Waals surface area contributed by atoms with E-state index < -0.39 is 0 Å². The van der Waals surface area contributed by atoms with Crippen molar-refractivity contribution >= 4 is 22.7 Å². The Kier molecular flexibility index (Phi) is 5.08. The first-order chi connectivity index (χ1) is 15.7. The van der Waals surface area contributed by atoms with Crippen molar-refractivity contribution in [1.82, 2.24) is 29.6 Å². The SMILES string of the molecule is CC(C)n1c(=O)c2cnc(Nc3ccc4c(c3)CNCC4)nc2n1-c1ncc(C(C)(C)C)o1. The lowest BCUT2D eigenvalue weighted by Crippen LogP contribution is -2.24. The Morgan fingerprint density at radius 2 is 1.97 bits per heavy atom. The van der Waals surface area contributed by atoms with Crippen LogP contribution in [0.2, 0.25) is 0 Å². The quantitative estimate of drug-likeness (QED) is 0.490. The third kappa shape index (κ3) is 3.82. The van der Waals surface area contributed by atoms with Crippen LogP contribution in [0, 0.1) is 0 Å². The van der Waals surface area contributed by atoms with E-state index >= 15 is 0 Å². The first-order valence-corrected chi connectivity index (χ1v) is 11.3. The number of aromatic nitrogens is 5. The molecule has 3 aromatic heterocycles. The molecule has 1 aliphatic rings. The van der Waals surface area contributed by atoms with Gasteiger partial charge in [0.2, 0.25) is 5.95 Å². The van der Waals surface area contributed by atoms with Gasteiger partial charge in [0.05, 0.1) is 6.20 Å². The number of nitrogens with one attached hydrogen (secondary N) is 2. The second-order valence-electron chi connectivity index (χ2n) is 9.78. The van der Waals surface area contributed by atoms with E-state index in [1.807, 2.05) is 19.9 Å². The maximum absolute atomic E-state index is 13.2. The Hall–Kier alpha value is -3.46. The molecule has 0 unspecified atom stereocenters. The van der Waals surface area contributed by atoms with Crippen molar-refractivity contribution in [1.29, 1.82) is 0 Å². The Balaban J connectivity index is 1.61. The molecule has 172 valence electrons. The van der Waals surface area contributed by atoms with Gasteiger partial charge in [-0.05, 0) is 50.1 Å². The lowest BCUT2D eigenvalue weighted by Gasteiger charge is -2.18. The van der Waals surface area contributed by atoms with Crippen LogP contribution in [0.5, 0.6) is 0 Å². The molecule has 1 aromatic carbocycles.